The van der Waals surface area contributed by atoms with Gasteiger partial charge in [-0.05, 0) is 20.8 Å². The van der Waals surface area contributed by atoms with Crippen molar-refractivity contribution in [3.05, 3.63) is 11.8 Å². The van der Waals surface area contributed by atoms with Gasteiger partial charge in [0.1, 0.15) is 5.76 Å². The molecule has 2 N–H and O–H groups in total. The number of carboxylic acids is 1. The predicted molar refractivity (Wildman–Crippen MR) is 73.4 cm³/mol. The molecule has 1 amide bonds. The van der Waals surface area contributed by atoms with Crippen LogP contribution in [0, 0.1) is 6.92 Å². The number of carbonyl (C=O) groups is 2. The van der Waals surface area contributed by atoms with Gasteiger partial charge in [-0.1, -0.05) is 5.16 Å². The molecule has 20 heavy (non-hydrogen) atoms. The molecule has 0 aliphatic rings. The fourth-order valence-electron chi connectivity index (χ4n) is 1.74. The minimum absolute atomic E-state index is 0.0717. The normalized spacial score (nSPS) is 11.1. The van der Waals surface area contributed by atoms with E-state index in [1.807, 2.05) is 18.7 Å². The van der Waals surface area contributed by atoms with Crippen molar-refractivity contribution in [1.82, 2.24) is 10.1 Å². The summed E-state index contributed by atoms with van der Waals surface area (Å²) in [6.45, 7) is 6.63. The van der Waals surface area contributed by atoms with Crippen LogP contribution in [0.2, 0.25) is 0 Å². The third kappa shape index (κ3) is 5.83. The lowest BCUT2D eigenvalue weighted by Crippen LogP contribution is -2.35. The van der Waals surface area contributed by atoms with Gasteiger partial charge < -0.3 is 14.9 Å². The number of nitrogens with zero attached hydrogens (tertiary/aromatic N) is 2. The molecule has 1 aromatic rings. The van der Waals surface area contributed by atoms with Gasteiger partial charge in [0.15, 0.2) is 5.82 Å². The molecular weight excluding hydrogens is 262 g/mol. The third-order valence-electron chi connectivity index (χ3n) is 2.86. The highest BCUT2D eigenvalue weighted by atomic mass is 16.5. The quantitative estimate of drug-likeness (QED) is 0.750. The zero-order chi connectivity index (χ0) is 15.1. The van der Waals surface area contributed by atoms with Crippen molar-refractivity contribution in [3.63, 3.8) is 0 Å². The van der Waals surface area contributed by atoms with Crippen LogP contribution >= 0.6 is 0 Å². The van der Waals surface area contributed by atoms with Gasteiger partial charge in [-0.15, -0.1) is 0 Å². The van der Waals surface area contributed by atoms with Gasteiger partial charge in [-0.2, -0.15) is 0 Å². The maximum atomic E-state index is 11.8. The number of anilines is 1. The number of hydrogen-bond acceptors (Lipinski definition) is 5. The number of aryl methyl sites for hydroxylation is 1. The Labute approximate surface area is 117 Å². The lowest BCUT2D eigenvalue weighted by molar-refractivity contribution is -0.137. The number of rotatable bonds is 8. The summed E-state index contributed by atoms with van der Waals surface area (Å²) < 4.78 is 4.85. The van der Waals surface area contributed by atoms with E-state index in [1.165, 1.54) is 0 Å². The Kier molecular flexibility index (Phi) is 6.17. The third-order valence-corrected chi connectivity index (χ3v) is 2.86. The van der Waals surface area contributed by atoms with Crippen molar-refractivity contribution in [1.29, 1.82) is 0 Å². The zero-order valence-corrected chi connectivity index (χ0v) is 12.0. The molecule has 0 unspecified atom stereocenters. The molecule has 112 valence electrons. The number of aliphatic carboxylic acids is 1. The highest BCUT2D eigenvalue weighted by Gasteiger charge is 2.13. The first kappa shape index (κ1) is 16.2. The van der Waals surface area contributed by atoms with Crippen LogP contribution in [0.4, 0.5) is 5.82 Å². The molecule has 1 heterocycles. The van der Waals surface area contributed by atoms with Crippen LogP contribution in [-0.2, 0) is 9.59 Å². The van der Waals surface area contributed by atoms with Crippen LogP contribution in [0.1, 0.15) is 32.4 Å². The Balaban J connectivity index is 2.38. The van der Waals surface area contributed by atoms with Crippen LogP contribution in [0.5, 0.6) is 0 Å². The standard InChI is InChI=1S/C13H21N3O4/c1-9(2)16(7-5-13(18)19)6-4-12(17)14-11-8-10(3)20-15-11/h8-9H,4-7H2,1-3H3,(H,18,19)(H,14,15,17). The Bertz CT molecular complexity index is 456. The van der Waals surface area contributed by atoms with E-state index in [4.69, 9.17) is 9.63 Å². The average molecular weight is 283 g/mol. The molecular formula is C13H21N3O4. The molecule has 1 aromatic heterocycles. The van der Waals surface area contributed by atoms with E-state index in [2.05, 4.69) is 10.5 Å². The van der Waals surface area contributed by atoms with Crippen molar-refractivity contribution in [2.24, 2.45) is 0 Å². The first-order valence-electron chi connectivity index (χ1n) is 6.57. The Hall–Kier alpha value is -1.89. The highest BCUT2D eigenvalue weighted by molar-refractivity contribution is 5.89. The molecule has 0 radical (unpaired) electrons. The van der Waals surface area contributed by atoms with Gasteiger partial charge in [-0.3, -0.25) is 14.5 Å². The fraction of sp³-hybridized carbons (Fsp3) is 0.615. The lowest BCUT2D eigenvalue weighted by Gasteiger charge is -2.25. The highest BCUT2D eigenvalue weighted by Crippen LogP contribution is 2.08. The van der Waals surface area contributed by atoms with Gasteiger partial charge in [0.05, 0.1) is 6.42 Å². The smallest absolute Gasteiger partial charge is 0.304 e. The molecule has 7 nitrogen and oxygen atoms in total. The monoisotopic (exact) mass is 283 g/mol. The zero-order valence-electron chi connectivity index (χ0n) is 12.0. The summed E-state index contributed by atoms with van der Waals surface area (Å²) in [7, 11) is 0. The number of carboxylic acid groups (broad SMARTS) is 1. The van der Waals surface area contributed by atoms with Gasteiger partial charge in [0, 0.05) is 31.6 Å². The SMILES string of the molecule is Cc1cc(NC(=O)CCN(CCC(=O)O)C(C)C)no1. The van der Waals surface area contributed by atoms with Crippen molar-refractivity contribution >= 4 is 17.7 Å². The summed E-state index contributed by atoms with van der Waals surface area (Å²) >= 11 is 0. The van der Waals surface area contributed by atoms with E-state index in [-0.39, 0.29) is 24.8 Å². The maximum absolute atomic E-state index is 11.8. The second-order valence-electron chi connectivity index (χ2n) is 4.89. The average Bonchev–Trinajstić information content (AvgIpc) is 2.73. The molecule has 0 spiro atoms. The van der Waals surface area contributed by atoms with E-state index < -0.39 is 5.97 Å². The number of amides is 1. The number of nitrogens with one attached hydrogen (secondary N) is 1. The molecule has 7 heteroatoms. The van der Waals surface area contributed by atoms with Crippen LogP contribution in [-0.4, -0.2) is 46.2 Å². The fourth-order valence-corrected chi connectivity index (χ4v) is 1.74. The second-order valence-corrected chi connectivity index (χ2v) is 4.89. The van der Waals surface area contributed by atoms with Crippen molar-refractivity contribution in [3.8, 4) is 0 Å². The van der Waals surface area contributed by atoms with Gasteiger partial charge >= 0.3 is 5.97 Å². The predicted octanol–water partition coefficient (Wildman–Crippen LogP) is 1.50. The topological polar surface area (TPSA) is 95.7 Å². The van der Waals surface area contributed by atoms with Gasteiger partial charge in [0.2, 0.25) is 5.91 Å². The summed E-state index contributed by atoms with van der Waals surface area (Å²) in [5.41, 5.74) is 0. The summed E-state index contributed by atoms with van der Waals surface area (Å²) in [4.78, 5) is 24.3. The van der Waals surface area contributed by atoms with Gasteiger partial charge in [-0.25, -0.2) is 0 Å². The van der Waals surface area contributed by atoms with Crippen LogP contribution in [0.25, 0.3) is 0 Å². The molecule has 0 aliphatic carbocycles. The van der Waals surface area contributed by atoms with E-state index in [1.54, 1.807) is 13.0 Å². The first-order valence-corrected chi connectivity index (χ1v) is 6.57. The number of carbonyl (C=O) groups excluding carboxylic acids is 1. The van der Waals surface area contributed by atoms with Crippen LogP contribution in [0.3, 0.4) is 0 Å². The summed E-state index contributed by atoms with van der Waals surface area (Å²) in [6.07, 6.45) is 0.353. The number of aromatic nitrogens is 1. The minimum atomic E-state index is -0.835. The molecule has 0 bridgehead atoms. The van der Waals surface area contributed by atoms with E-state index in [0.717, 1.165) is 0 Å². The molecule has 0 saturated heterocycles. The van der Waals surface area contributed by atoms with E-state index in [0.29, 0.717) is 24.7 Å². The van der Waals surface area contributed by atoms with E-state index >= 15 is 0 Å². The van der Waals surface area contributed by atoms with Crippen molar-refractivity contribution < 1.29 is 19.2 Å². The molecule has 0 saturated carbocycles. The minimum Gasteiger partial charge on any atom is -0.481 e. The Morgan fingerprint density at radius 3 is 2.55 bits per heavy atom. The summed E-state index contributed by atoms with van der Waals surface area (Å²) in [6, 6.07) is 1.83. The van der Waals surface area contributed by atoms with Crippen molar-refractivity contribution in [2.45, 2.75) is 39.7 Å². The lowest BCUT2D eigenvalue weighted by atomic mass is 10.2. The van der Waals surface area contributed by atoms with E-state index in [9.17, 15) is 9.59 Å². The summed E-state index contributed by atoms with van der Waals surface area (Å²) in [5.74, 6) is 0.0251. The molecule has 0 aromatic carbocycles. The Morgan fingerprint density at radius 1 is 1.40 bits per heavy atom. The molecule has 0 fully saturated rings. The molecule has 0 atom stereocenters. The first-order chi connectivity index (χ1) is 9.38. The van der Waals surface area contributed by atoms with Crippen LogP contribution in [0.15, 0.2) is 10.6 Å². The molecule has 1 rings (SSSR count). The number of hydrogen-bond donors (Lipinski definition) is 2. The summed E-state index contributed by atoms with van der Waals surface area (Å²) in [5, 5.41) is 15.0. The Morgan fingerprint density at radius 2 is 2.05 bits per heavy atom. The second kappa shape index (κ2) is 7.64. The van der Waals surface area contributed by atoms with Gasteiger partial charge in [0.25, 0.3) is 0 Å². The van der Waals surface area contributed by atoms with Crippen molar-refractivity contribution in [2.75, 3.05) is 18.4 Å². The van der Waals surface area contributed by atoms with Crippen LogP contribution < -0.4 is 5.32 Å². The maximum Gasteiger partial charge on any atom is 0.304 e. The largest absolute Gasteiger partial charge is 0.481 e. The molecule has 0 aliphatic heterocycles.